The molecule has 3 rings (SSSR count). The Kier molecular flexibility index (Phi) is 3.41. The molecule has 1 saturated heterocycles. The highest BCUT2D eigenvalue weighted by atomic mass is 16.5. The first-order valence-electron chi connectivity index (χ1n) is 6.52. The predicted octanol–water partition coefficient (Wildman–Crippen LogP) is 2.09. The minimum absolute atomic E-state index is 0.686. The Morgan fingerprint density at radius 3 is 3.17 bits per heavy atom. The second kappa shape index (κ2) is 5.35. The highest BCUT2D eigenvalue weighted by molar-refractivity contribution is 5.43. The van der Waals surface area contributed by atoms with Crippen molar-refractivity contribution < 1.29 is 4.74 Å². The zero-order chi connectivity index (χ0) is 12.2. The van der Waals surface area contributed by atoms with Gasteiger partial charge in [-0.05, 0) is 25.2 Å². The van der Waals surface area contributed by atoms with Crippen LogP contribution in [0.1, 0.15) is 19.3 Å². The van der Waals surface area contributed by atoms with Crippen molar-refractivity contribution in [2.45, 2.75) is 25.8 Å². The smallest absolute Gasteiger partial charge is 0.176 e. The number of ether oxygens (including phenoxy) is 1. The van der Waals surface area contributed by atoms with Crippen LogP contribution in [0.3, 0.4) is 0 Å². The summed E-state index contributed by atoms with van der Waals surface area (Å²) in [4.78, 5) is 11.7. The maximum Gasteiger partial charge on any atom is 0.176 e. The van der Waals surface area contributed by atoms with Gasteiger partial charge in [0.2, 0.25) is 0 Å². The minimum Gasteiger partial charge on any atom is -0.381 e. The summed E-state index contributed by atoms with van der Waals surface area (Å²) < 4.78 is 7.67. The minimum atomic E-state index is 0.686. The molecule has 0 amide bonds. The highest BCUT2D eigenvalue weighted by Crippen LogP contribution is 2.19. The van der Waals surface area contributed by atoms with Gasteiger partial charge in [-0.1, -0.05) is 0 Å². The van der Waals surface area contributed by atoms with Gasteiger partial charge < -0.3 is 14.3 Å². The first kappa shape index (κ1) is 11.5. The third-order valence-electron chi connectivity index (χ3n) is 3.46. The van der Waals surface area contributed by atoms with Gasteiger partial charge in [-0.15, -0.1) is 0 Å². The summed E-state index contributed by atoms with van der Waals surface area (Å²) in [6.07, 6.45) is 11.0. The summed E-state index contributed by atoms with van der Waals surface area (Å²) in [7, 11) is 0. The molecule has 2 aromatic rings. The quantitative estimate of drug-likeness (QED) is 0.898. The van der Waals surface area contributed by atoms with Crippen LogP contribution in [-0.2, 0) is 11.3 Å². The molecule has 5 nitrogen and oxygen atoms in total. The van der Waals surface area contributed by atoms with Gasteiger partial charge in [-0.2, -0.15) is 0 Å². The molecule has 1 aliphatic heterocycles. The van der Waals surface area contributed by atoms with Crippen LogP contribution in [0, 0.1) is 5.92 Å². The molecule has 1 atom stereocenters. The van der Waals surface area contributed by atoms with Crippen molar-refractivity contribution in [3.63, 3.8) is 0 Å². The Morgan fingerprint density at radius 2 is 2.39 bits per heavy atom. The lowest BCUT2D eigenvalue weighted by Crippen LogP contribution is -2.19. The molecule has 1 unspecified atom stereocenters. The average Bonchev–Trinajstić information content (AvgIpc) is 3.08. The van der Waals surface area contributed by atoms with Crippen LogP contribution in [0.4, 0.5) is 0 Å². The Hall–Kier alpha value is -1.62. The third kappa shape index (κ3) is 2.46. The number of imidazole rings is 2. The van der Waals surface area contributed by atoms with Gasteiger partial charge >= 0.3 is 0 Å². The molecule has 5 heteroatoms. The largest absolute Gasteiger partial charge is 0.381 e. The molecule has 0 aliphatic carbocycles. The predicted molar refractivity (Wildman–Crippen MR) is 68.0 cm³/mol. The van der Waals surface area contributed by atoms with Crippen LogP contribution in [0.15, 0.2) is 24.8 Å². The number of hydrogen-bond acceptors (Lipinski definition) is 3. The molecule has 0 aromatic carbocycles. The van der Waals surface area contributed by atoms with Crippen LogP contribution in [0.5, 0.6) is 0 Å². The monoisotopic (exact) mass is 246 g/mol. The molecule has 18 heavy (non-hydrogen) atoms. The first-order chi connectivity index (χ1) is 8.93. The molecular weight excluding hydrogens is 228 g/mol. The number of nitrogens with one attached hydrogen (secondary N) is 1. The van der Waals surface area contributed by atoms with E-state index in [2.05, 4.69) is 19.5 Å². The van der Waals surface area contributed by atoms with Gasteiger partial charge in [0.1, 0.15) is 0 Å². The fraction of sp³-hybridized carbons (Fsp3) is 0.538. The normalized spacial score (nSPS) is 20.1. The Bertz CT molecular complexity index is 471. The molecular formula is C13H18N4O. The van der Waals surface area contributed by atoms with Gasteiger partial charge in [0.25, 0.3) is 0 Å². The van der Waals surface area contributed by atoms with Crippen LogP contribution in [-0.4, -0.2) is 32.7 Å². The van der Waals surface area contributed by atoms with Crippen molar-refractivity contribution in [1.82, 2.24) is 19.5 Å². The number of aryl methyl sites for hydroxylation is 1. The number of rotatable bonds is 4. The van der Waals surface area contributed by atoms with E-state index >= 15 is 0 Å². The van der Waals surface area contributed by atoms with Crippen molar-refractivity contribution in [1.29, 1.82) is 0 Å². The van der Waals surface area contributed by atoms with E-state index < -0.39 is 0 Å². The summed E-state index contributed by atoms with van der Waals surface area (Å²) in [6, 6.07) is 0. The third-order valence-corrected chi connectivity index (χ3v) is 3.46. The lowest BCUT2D eigenvalue weighted by atomic mass is 9.99. The van der Waals surface area contributed by atoms with E-state index in [0.717, 1.165) is 37.8 Å². The number of aromatic amines is 1. The summed E-state index contributed by atoms with van der Waals surface area (Å²) in [5, 5.41) is 0. The Labute approximate surface area is 106 Å². The molecule has 1 aliphatic rings. The van der Waals surface area contributed by atoms with E-state index in [1.54, 1.807) is 6.20 Å². The molecule has 0 bridgehead atoms. The van der Waals surface area contributed by atoms with Crippen LogP contribution in [0.2, 0.25) is 0 Å². The SMILES string of the molecule is c1c[nH]c(-c2nccn2CCC2CCCOC2)n1. The second-order valence-corrected chi connectivity index (χ2v) is 4.75. The van der Waals surface area contributed by atoms with E-state index in [4.69, 9.17) is 4.74 Å². The molecule has 3 heterocycles. The summed E-state index contributed by atoms with van der Waals surface area (Å²) in [5.41, 5.74) is 0. The lowest BCUT2D eigenvalue weighted by molar-refractivity contribution is 0.0501. The summed E-state index contributed by atoms with van der Waals surface area (Å²) in [5.74, 6) is 2.43. The van der Waals surface area contributed by atoms with Gasteiger partial charge in [0.05, 0.1) is 0 Å². The van der Waals surface area contributed by atoms with Gasteiger partial charge in [0.15, 0.2) is 11.6 Å². The van der Waals surface area contributed by atoms with Crippen molar-refractivity contribution >= 4 is 0 Å². The van der Waals surface area contributed by atoms with E-state index in [0.29, 0.717) is 5.92 Å². The van der Waals surface area contributed by atoms with Crippen molar-refractivity contribution in [3.8, 4) is 11.6 Å². The van der Waals surface area contributed by atoms with Gasteiger partial charge in [0, 0.05) is 44.5 Å². The van der Waals surface area contributed by atoms with E-state index in [1.807, 2.05) is 18.6 Å². The molecule has 0 saturated carbocycles. The summed E-state index contributed by atoms with van der Waals surface area (Å²) >= 11 is 0. The molecule has 1 N–H and O–H groups in total. The Balaban J connectivity index is 1.64. The van der Waals surface area contributed by atoms with Gasteiger partial charge in [-0.25, -0.2) is 9.97 Å². The van der Waals surface area contributed by atoms with E-state index in [9.17, 15) is 0 Å². The number of hydrogen-bond donors (Lipinski definition) is 1. The zero-order valence-corrected chi connectivity index (χ0v) is 10.4. The fourth-order valence-electron chi connectivity index (χ4n) is 2.45. The van der Waals surface area contributed by atoms with E-state index in [-0.39, 0.29) is 0 Å². The summed E-state index contributed by atoms with van der Waals surface area (Å²) in [6.45, 7) is 2.81. The van der Waals surface area contributed by atoms with Crippen molar-refractivity contribution in [2.75, 3.05) is 13.2 Å². The lowest BCUT2D eigenvalue weighted by Gasteiger charge is -2.22. The fourth-order valence-corrected chi connectivity index (χ4v) is 2.45. The topological polar surface area (TPSA) is 55.7 Å². The number of nitrogens with zero attached hydrogens (tertiary/aromatic N) is 3. The highest BCUT2D eigenvalue weighted by Gasteiger charge is 2.15. The number of H-pyrrole nitrogens is 1. The van der Waals surface area contributed by atoms with E-state index in [1.165, 1.54) is 12.8 Å². The zero-order valence-electron chi connectivity index (χ0n) is 10.4. The molecule has 0 radical (unpaired) electrons. The number of aromatic nitrogens is 4. The first-order valence-corrected chi connectivity index (χ1v) is 6.52. The average molecular weight is 246 g/mol. The maximum atomic E-state index is 5.51. The van der Waals surface area contributed by atoms with Gasteiger partial charge in [-0.3, -0.25) is 0 Å². The maximum absolute atomic E-state index is 5.51. The van der Waals surface area contributed by atoms with Crippen molar-refractivity contribution in [3.05, 3.63) is 24.8 Å². The van der Waals surface area contributed by atoms with Crippen molar-refractivity contribution in [2.24, 2.45) is 5.92 Å². The molecule has 0 spiro atoms. The molecule has 1 fully saturated rings. The van der Waals surface area contributed by atoms with Crippen LogP contribution >= 0.6 is 0 Å². The van der Waals surface area contributed by atoms with Crippen LogP contribution in [0.25, 0.3) is 11.6 Å². The molecule has 2 aromatic heterocycles. The second-order valence-electron chi connectivity index (χ2n) is 4.75. The molecule has 96 valence electrons. The Morgan fingerprint density at radius 1 is 1.39 bits per heavy atom. The standard InChI is InChI=1S/C13H18N4O/c1-2-11(10-18-9-1)3-7-17-8-6-16-13(17)12-14-4-5-15-12/h4-6,8,11H,1-3,7,9-10H2,(H,14,15). The van der Waals surface area contributed by atoms with Crippen LogP contribution < -0.4 is 0 Å².